The number of benzene rings is 1. The summed E-state index contributed by atoms with van der Waals surface area (Å²) in [7, 11) is 1.54. The minimum atomic E-state index is -0.916. The highest BCUT2D eigenvalue weighted by Crippen LogP contribution is 2.20. The molecule has 0 saturated heterocycles. The van der Waals surface area contributed by atoms with E-state index in [0.717, 1.165) is 0 Å². The number of carboxylic acid groups (broad SMARTS) is 1. The molecule has 3 N–H and O–H groups in total. The zero-order valence-corrected chi connectivity index (χ0v) is 7.93. The Morgan fingerprint density at radius 1 is 1.64 bits per heavy atom. The molecule has 0 heterocycles. The average molecular weight is 195 g/mol. The average Bonchev–Trinajstić information content (AvgIpc) is 2.19. The predicted molar refractivity (Wildman–Crippen MR) is 52.4 cm³/mol. The van der Waals surface area contributed by atoms with Gasteiger partial charge in [-0.1, -0.05) is 12.1 Å². The quantitative estimate of drug-likeness (QED) is 0.746. The molecule has 0 amide bonds. The highest BCUT2D eigenvalue weighted by molar-refractivity contribution is 5.76. The lowest BCUT2D eigenvalue weighted by Crippen LogP contribution is -2.21. The Kier molecular flexibility index (Phi) is 3.48. The van der Waals surface area contributed by atoms with Gasteiger partial charge in [0.25, 0.3) is 0 Å². The second kappa shape index (κ2) is 4.62. The summed E-state index contributed by atoms with van der Waals surface area (Å²) in [6.07, 6.45) is 0. The van der Waals surface area contributed by atoms with E-state index in [1.165, 1.54) is 7.11 Å². The molecule has 1 rings (SSSR count). The molecule has 0 fully saturated rings. The Hall–Kier alpha value is -1.55. The molecule has 0 spiro atoms. The fraction of sp³-hybridized carbons (Fsp3) is 0.300. The molecule has 0 radical (unpaired) electrons. The normalized spacial score (nSPS) is 12.1. The van der Waals surface area contributed by atoms with Crippen LogP contribution in [0.15, 0.2) is 24.3 Å². The summed E-state index contributed by atoms with van der Waals surface area (Å²) in [5, 5.41) is 8.87. The minimum Gasteiger partial charge on any atom is -0.497 e. The van der Waals surface area contributed by atoms with Crippen molar-refractivity contribution >= 4 is 5.97 Å². The van der Waals surface area contributed by atoms with E-state index >= 15 is 0 Å². The molecule has 0 aliphatic carbocycles. The predicted octanol–water partition coefficient (Wildman–Crippen LogP) is 0.822. The molecule has 76 valence electrons. The van der Waals surface area contributed by atoms with E-state index in [0.29, 0.717) is 11.3 Å². The van der Waals surface area contributed by atoms with Crippen molar-refractivity contribution in [2.75, 3.05) is 13.7 Å². The van der Waals surface area contributed by atoms with Crippen molar-refractivity contribution in [1.29, 1.82) is 0 Å². The first-order valence-corrected chi connectivity index (χ1v) is 4.26. The molecule has 4 heteroatoms. The third kappa shape index (κ3) is 2.23. The van der Waals surface area contributed by atoms with Gasteiger partial charge in [0.1, 0.15) is 5.75 Å². The monoisotopic (exact) mass is 195 g/mol. The van der Waals surface area contributed by atoms with Gasteiger partial charge in [0, 0.05) is 6.54 Å². The summed E-state index contributed by atoms with van der Waals surface area (Å²) in [6, 6.07) is 6.93. The van der Waals surface area contributed by atoms with Gasteiger partial charge in [-0.3, -0.25) is 4.79 Å². The van der Waals surface area contributed by atoms with Crippen molar-refractivity contribution in [2.45, 2.75) is 5.92 Å². The Morgan fingerprint density at radius 3 is 2.86 bits per heavy atom. The van der Waals surface area contributed by atoms with Crippen LogP contribution in [-0.4, -0.2) is 24.7 Å². The van der Waals surface area contributed by atoms with Crippen LogP contribution in [0.5, 0.6) is 5.75 Å². The fourth-order valence-electron chi connectivity index (χ4n) is 1.24. The van der Waals surface area contributed by atoms with Gasteiger partial charge in [-0.05, 0) is 17.7 Å². The third-order valence-electron chi connectivity index (χ3n) is 2.03. The second-order valence-electron chi connectivity index (χ2n) is 2.90. The molecule has 1 atom stereocenters. The first-order chi connectivity index (χ1) is 6.69. The third-order valence-corrected chi connectivity index (χ3v) is 2.03. The summed E-state index contributed by atoms with van der Waals surface area (Å²) in [4.78, 5) is 10.8. The molecule has 14 heavy (non-hydrogen) atoms. The number of nitrogens with two attached hydrogens (primary N) is 1. The molecule has 1 aromatic rings. The fourth-order valence-corrected chi connectivity index (χ4v) is 1.24. The first kappa shape index (κ1) is 10.5. The maximum atomic E-state index is 10.8. The van der Waals surface area contributed by atoms with Crippen molar-refractivity contribution in [3.63, 3.8) is 0 Å². The van der Waals surface area contributed by atoms with Crippen LogP contribution in [0.2, 0.25) is 0 Å². The highest BCUT2D eigenvalue weighted by atomic mass is 16.5. The van der Waals surface area contributed by atoms with Crippen molar-refractivity contribution in [1.82, 2.24) is 0 Å². The van der Waals surface area contributed by atoms with Gasteiger partial charge in [-0.15, -0.1) is 0 Å². The van der Waals surface area contributed by atoms with Crippen LogP contribution in [0.4, 0.5) is 0 Å². The zero-order valence-electron chi connectivity index (χ0n) is 7.93. The number of carbonyl (C=O) groups is 1. The lowest BCUT2D eigenvalue weighted by Gasteiger charge is -2.10. The van der Waals surface area contributed by atoms with Gasteiger partial charge in [0.2, 0.25) is 0 Å². The number of hydrogen-bond acceptors (Lipinski definition) is 3. The van der Waals surface area contributed by atoms with Crippen molar-refractivity contribution in [3.05, 3.63) is 29.8 Å². The minimum absolute atomic E-state index is 0.0858. The summed E-state index contributed by atoms with van der Waals surface area (Å²) >= 11 is 0. The molecule has 1 aromatic carbocycles. The van der Waals surface area contributed by atoms with Gasteiger partial charge < -0.3 is 15.6 Å². The van der Waals surface area contributed by atoms with Gasteiger partial charge >= 0.3 is 5.97 Å². The van der Waals surface area contributed by atoms with Crippen LogP contribution in [0.3, 0.4) is 0 Å². The molecule has 0 aliphatic rings. The maximum absolute atomic E-state index is 10.8. The number of aliphatic carboxylic acids is 1. The van der Waals surface area contributed by atoms with Gasteiger partial charge in [0.15, 0.2) is 0 Å². The van der Waals surface area contributed by atoms with E-state index in [-0.39, 0.29) is 6.54 Å². The molecule has 4 nitrogen and oxygen atoms in total. The maximum Gasteiger partial charge on any atom is 0.312 e. The topological polar surface area (TPSA) is 72.5 Å². The summed E-state index contributed by atoms with van der Waals surface area (Å²) < 4.78 is 5.00. The van der Waals surface area contributed by atoms with E-state index in [4.69, 9.17) is 15.6 Å². The standard InChI is InChI=1S/C10H13NO3/c1-14-8-4-2-3-7(5-8)9(6-11)10(12)13/h2-5,9H,6,11H2,1H3,(H,12,13). The van der Waals surface area contributed by atoms with E-state index in [2.05, 4.69) is 0 Å². The first-order valence-electron chi connectivity index (χ1n) is 4.26. The number of methoxy groups -OCH3 is 1. The van der Waals surface area contributed by atoms with E-state index in [9.17, 15) is 4.79 Å². The zero-order chi connectivity index (χ0) is 10.6. The van der Waals surface area contributed by atoms with E-state index < -0.39 is 11.9 Å². The number of ether oxygens (including phenoxy) is 1. The highest BCUT2D eigenvalue weighted by Gasteiger charge is 2.17. The Balaban J connectivity index is 2.98. The molecule has 0 bridgehead atoms. The van der Waals surface area contributed by atoms with Crippen LogP contribution < -0.4 is 10.5 Å². The Labute approximate surface area is 82.3 Å². The van der Waals surface area contributed by atoms with Crippen LogP contribution in [0.1, 0.15) is 11.5 Å². The molecule has 0 saturated carbocycles. The van der Waals surface area contributed by atoms with Crippen molar-refractivity contribution < 1.29 is 14.6 Å². The molecular formula is C10H13NO3. The van der Waals surface area contributed by atoms with Crippen LogP contribution in [0, 0.1) is 0 Å². The SMILES string of the molecule is COc1cccc(C(CN)C(=O)O)c1. The summed E-state index contributed by atoms with van der Waals surface area (Å²) in [5.41, 5.74) is 6.04. The molecule has 1 unspecified atom stereocenters. The number of carboxylic acids is 1. The largest absolute Gasteiger partial charge is 0.497 e. The number of rotatable bonds is 4. The Bertz CT molecular complexity index is 325. The molecular weight excluding hydrogens is 182 g/mol. The summed E-state index contributed by atoms with van der Waals surface area (Å²) in [5.74, 6) is -0.937. The smallest absolute Gasteiger partial charge is 0.312 e. The lowest BCUT2D eigenvalue weighted by atomic mass is 9.99. The van der Waals surface area contributed by atoms with Crippen molar-refractivity contribution in [3.8, 4) is 5.75 Å². The van der Waals surface area contributed by atoms with Crippen LogP contribution in [0.25, 0.3) is 0 Å². The van der Waals surface area contributed by atoms with Crippen molar-refractivity contribution in [2.24, 2.45) is 5.73 Å². The van der Waals surface area contributed by atoms with Crippen LogP contribution in [-0.2, 0) is 4.79 Å². The van der Waals surface area contributed by atoms with Crippen LogP contribution >= 0.6 is 0 Å². The molecule has 0 aromatic heterocycles. The van der Waals surface area contributed by atoms with Gasteiger partial charge in [-0.2, -0.15) is 0 Å². The van der Waals surface area contributed by atoms with E-state index in [1.807, 2.05) is 0 Å². The Morgan fingerprint density at radius 2 is 2.36 bits per heavy atom. The van der Waals surface area contributed by atoms with Gasteiger partial charge in [0.05, 0.1) is 13.0 Å². The summed E-state index contributed by atoms with van der Waals surface area (Å²) in [6.45, 7) is 0.0858. The van der Waals surface area contributed by atoms with E-state index in [1.54, 1.807) is 24.3 Å². The lowest BCUT2D eigenvalue weighted by molar-refractivity contribution is -0.138. The second-order valence-corrected chi connectivity index (χ2v) is 2.90. The van der Waals surface area contributed by atoms with Gasteiger partial charge in [-0.25, -0.2) is 0 Å². The number of hydrogen-bond donors (Lipinski definition) is 2. The molecule has 0 aliphatic heterocycles.